The van der Waals surface area contributed by atoms with E-state index in [1.165, 1.54) is 11.1 Å². The van der Waals surface area contributed by atoms with E-state index in [9.17, 15) is 0 Å². The van der Waals surface area contributed by atoms with Crippen LogP contribution in [0.5, 0.6) is 11.5 Å². The van der Waals surface area contributed by atoms with Gasteiger partial charge in [-0.15, -0.1) is 0 Å². The van der Waals surface area contributed by atoms with Gasteiger partial charge < -0.3 is 20.9 Å². The molecule has 1 rings (SSSR count). The maximum Gasteiger partial charge on any atom is 0.122 e. The Kier molecular flexibility index (Phi) is 8.87. The minimum atomic E-state index is 0.735. The Morgan fingerprint density at radius 2 is 1.14 bits per heavy atom. The van der Waals surface area contributed by atoms with Gasteiger partial charge in [0.1, 0.15) is 11.5 Å². The van der Waals surface area contributed by atoms with Crippen molar-refractivity contribution < 1.29 is 9.47 Å². The number of methoxy groups -OCH3 is 2. The Morgan fingerprint density at radius 3 is 1.57 bits per heavy atom. The van der Waals surface area contributed by atoms with E-state index in [1.54, 1.807) is 14.2 Å². The highest BCUT2D eigenvalue weighted by atomic mass is 16.5. The van der Waals surface area contributed by atoms with Crippen LogP contribution in [-0.4, -0.2) is 27.3 Å². The first-order valence-electron chi connectivity index (χ1n) is 7.90. The lowest BCUT2D eigenvalue weighted by molar-refractivity contribution is 0.393. The van der Waals surface area contributed by atoms with Crippen LogP contribution in [0.4, 0.5) is 0 Å². The lowest BCUT2D eigenvalue weighted by Gasteiger charge is -2.15. The van der Waals surface area contributed by atoms with Crippen LogP contribution in [0.15, 0.2) is 12.1 Å². The molecule has 0 aromatic heterocycles. The first-order valence-corrected chi connectivity index (χ1v) is 7.90. The molecule has 0 saturated heterocycles. The zero-order chi connectivity index (χ0) is 15.5. The molecule has 0 unspecified atom stereocenters. The molecular formula is C17H30N2O2. The molecule has 120 valence electrons. The van der Waals surface area contributed by atoms with Gasteiger partial charge in [-0.2, -0.15) is 0 Å². The lowest BCUT2D eigenvalue weighted by atomic mass is 10.00. The van der Waals surface area contributed by atoms with E-state index in [4.69, 9.17) is 20.9 Å². The molecular weight excluding hydrogens is 264 g/mol. The van der Waals surface area contributed by atoms with Gasteiger partial charge in [0.05, 0.1) is 14.2 Å². The second-order valence-electron chi connectivity index (χ2n) is 5.32. The van der Waals surface area contributed by atoms with E-state index in [2.05, 4.69) is 12.1 Å². The van der Waals surface area contributed by atoms with Gasteiger partial charge in [-0.05, 0) is 74.9 Å². The molecule has 0 fully saturated rings. The van der Waals surface area contributed by atoms with E-state index in [0.717, 1.165) is 69.5 Å². The average Bonchev–Trinajstić information content (AvgIpc) is 2.52. The van der Waals surface area contributed by atoms with Crippen LogP contribution < -0.4 is 20.9 Å². The molecule has 0 atom stereocenters. The maximum absolute atomic E-state index is 5.56. The highest BCUT2D eigenvalue weighted by molar-refractivity contribution is 5.46. The molecule has 1 aromatic rings. The van der Waals surface area contributed by atoms with Gasteiger partial charge in [0.2, 0.25) is 0 Å². The molecule has 0 aliphatic rings. The van der Waals surface area contributed by atoms with Crippen molar-refractivity contribution in [2.75, 3.05) is 27.3 Å². The van der Waals surface area contributed by atoms with Gasteiger partial charge in [0.15, 0.2) is 0 Å². The number of benzene rings is 1. The number of hydrogen-bond donors (Lipinski definition) is 2. The van der Waals surface area contributed by atoms with Gasteiger partial charge in [-0.1, -0.05) is 6.42 Å². The van der Waals surface area contributed by atoms with Crippen LogP contribution in [0.1, 0.15) is 43.2 Å². The molecule has 0 bridgehead atoms. The van der Waals surface area contributed by atoms with Gasteiger partial charge >= 0.3 is 0 Å². The van der Waals surface area contributed by atoms with Crippen LogP contribution >= 0.6 is 0 Å². The molecule has 0 amide bonds. The number of unbranched alkanes of at least 4 members (excludes halogenated alkanes) is 3. The number of aryl methyl sites for hydroxylation is 2. The summed E-state index contributed by atoms with van der Waals surface area (Å²) in [5.74, 6) is 1.92. The molecule has 0 spiro atoms. The summed E-state index contributed by atoms with van der Waals surface area (Å²) in [6.07, 6.45) is 7.45. The summed E-state index contributed by atoms with van der Waals surface area (Å²) in [7, 11) is 3.46. The molecule has 0 saturated carbocycles. The fourth-order valence-electron chi connectivity index (χ4n) is 2.51. The molecule has 0 aliphatic carbocycles. The zero-order valence-electron chi connectivity index (χ0n) is 13.5. The van der Waals surface area contributed by atoms with Crippen LogP contribution in [-0.2, 0) is 12.8 Å². The fourth-order valence-corrected chi connectivity index (χ4v) is 2.51. The average molecular weight is 294 g/mol. The van der Waals surface area contributed by atoms with Gasteiger partial charge in [-0.25, -0.2) is 0 Å². The summed E-state index contributed by atoms with van der Waals surface area (Å²) >= 11 is 0. The van der Waals surface area contributed by atoms with Crippen molar-refractivity contribution in [3.8, 4) is 11.5 Å². The van der Waals surface area contributed by atoms with Crippen LogP contribution in [0, 0.1) is 0 Å². The summed E-state index contributed by atoms with van der Waals surface area (Å²) < 4.78 is 11.1. The highest BCUT2D eigenvalue weighted by Crippen LogP contribution is 2.31. The molecule has 4 nitrogen and oxygen atoms in total. The smallest absolute Gasteiger partial charge is 0.122 e. The normalized spacial score (nSPS) is 10.7. The predicted octanol–water partition coefficient (Wildman–Crippen LogP) is 2.66. The van der Waals surface area contributed by atoms with Crippen LogP contribution in [0.2, 0.25) is 0 Å². The molecule has 1 aromatic carbocycles. The first kappa shape index (κ1) is 17.8. The number of ether oxygens (including phenoxy) is 2. The van der Waals surface area contributed by atoms with Crippen molar-refractivity contribution in [3.05, 3.63) is 23.3 Å². The number of nitrogens with two attached hydrogens (primary N) is 2. The second kappa shape index (κ2) is 10.5. The maximum atomic E-state index is 5.56. The minimum Gasteiger partial charge on any atom is -0.496 e. The summed E-state index contributed by atoms with van der Waals surface area (Å²) in [5, 5.41) is 0. The summed E-state index contributed by atoms with van der Waals surface area (Å²) in [6.45, 7) is 1.50. The van der Waals surface area contributed by atoms with E-state index in [-0.39, 0.29) is 0 Å². The predicted molar refractivity (Wildman–Crippen MR) is 88.1 cm³/mol. The third-order valence-corrected chi connectivity index (χ3v) is 3.73. The number of hydrogen-bond acceptors (Lipinski definition) is 4. The summed E-state index contributed by atoms with van der Waals surface area (Å²) in [6, 6.07) is 4.24. The Balaban J connectivity index is 2.78. The molecule has 0 aliphatic heterocycles. The van der Waals surface area contributed by atoms with Crippen molar-refractivity contribution in [2.24, 2.45) is 11.5 Å². The molecule has 4 N–H and O–H groups in total. The topological polar surface area (TPSA) is 70.5 Å². The lowest BCUT2D eigenvalue weighted by Crippen LogP contribution is -2.02. The van der Waals surface area contributed by atoms with Crippen molar-refractivity contribution in [1.82, 2.24) is 0 Å². The summed E-state index contributed by atoms with van der Waals surface area (Å²) in [5.41, 5.74) is 13.5. The van der Waals surface area contributed by atoms with Crippen molar-refractivity contribution >= 4 is 0 Å². The quantitative estimate of drug-likeness (QED) is 0.616. The Bertz CT molecular complexity index is 408. The van der Waals surface area contributed by atoms with E-state index in [1.807, 2.05) is 0 Å². The zero-order valence-corrected chi connectivity index (χ0v) is 13.5. The van der Waals surface area contributed by atoms with Crippen molar-refractivity contribution in [3.63, 3.8) is 0 Å². The van der Waals surface area contributed by atoms with E-state index in [0.29, 0.717) is 0 Å². The molecule has 21 heavy (non-hydrogen) atoms. The third kappa shape index (κ3) is 5.94. The monoisotopic (exact) mass is 294 g/mol. The van der Waals surface area contributed by atoms with Gasteiger partial charge in [-0.3, -0.25) is 0 Å². The van der Waals surface area contributed by atoms with Crippen LogP contribution in [0.3, 0.4) is 0 Å². The van der Waals surface area contributed by atoms with Crippen LogP contribution in [0.25, 0.3) is 0 Å². The molecule has 0 radical (unpaired) electrons. The molecule has 0 heterocycles. The van der Waals surface area contributed by atoms with Gasteiger partial charge in [0.25, 0.3) is 0 Å². The third-order valence-electron chi connectivity index (χ3n) is 3.73. The first-order chi connectivity index (χ1) is 10.3. The Hall–Kier alpha value is -1.26. The highest BCUT2D eigenvalue weighted by Gasteiger charge is 2.11. The Labute approximate surface area is 128 Å². The number of rotatable bonds is 11. The Morgan fingerprint density at radius 1 is 0.714 bits per heavy atom. The van der Waals surface area contributed by atoms with E-state index < -0.39 is 0 Å². The largest absolute Gasteiger partial charge is 0.496 e. The SMILES string of the molecule is COc1cc(CCCCCN)c(OC)cc1CCCCN. The second-order valence-corrected chi connectivity index (χ2v) is 5.32. The molecule has 4 heteroatoms. The van der Waals surface area contributed by atoms with Gasteiger partial charge in [0, 0.05) is 0 Å². The fraction of sp³-hybridized carbons (Fsp3) is 0.647. The standard InChI is InChI=1S/C17H30N2O2/c1-20-16-13-15(9-5-7-11-19)17(21-2)12-14(16)8-4-3-6-10-18/h12-13H,3-11,18-19H2,1-2H3. The minimum absolute atomic E-state index is 0.735. The van der Waals surface area contributed by atoms with Crippen molar-refractivity contribution in [2.45, 2.75) is 44.9 Å². The van der Waals surface area contributed by atoms with Crippen molar-refractivity contribution in [1.29, 1.82) is 0 Å². The summed E-state index contributed by atoms with van der Waals surface area (Å²) in [4.78, 5) is 0. The van der Waals surface area contributed by atoms with E-state index >= 15 is 0 Å².